The lowest BCUT2D eigenvalue weighted by Gasteiger charge is -2.52. The van der Waals surface area contributed by atoms with Gasteiger partial charge >= 0.3 is 0 Å². The lowest BCUT2D eigenvalue weighted by Crippen LogP contribution is -2.59. The van der Waals surface area contributed by atoms with Gasteiger partial charge in [-0.1, -0.05) is 20.8 Å². The lowest BCUT2D eigenvalue weighted by atomic mass is 9.72. The van der Waals surface area contributed by atoms with Gasteiger partial charge in [-0.05, 0) is 25.2 Å². The minimum absolute atomic E-state index is 0.601. The number of likely N-dealkylation sites (tertiary alicyclic amines) is 1. The van der Waals surface area contributed by atoms with Crippen LogP contribution in [0.2, 0.25) is 0 Å². The fourth-order valence-electron chi connectivity index (χ4n) is 1.61. The zero-order chi connectivity index (χ0) is 8.65. The first kappa shape index (κ1) is 9.05. The molecule has 0 atom stereocenters. The van der Waals surface area contributed by atoms with Gasteiger partial charge in [0.1, 0.15) is 0 Å². The summed E-state index contributed by atoms with van der Waals surface area (Å²) in [6.45, 7) is 14.2. The number of hydrogen-bond donors (Lipinski definition) is 0. The van der Waals surface area contributed by atoms with Crippen LogP contribution >= 0.6 is 0 Å². The Morgan fingerprint density at radius 2 is 1.55 bits per heavy atom. The Labute approximate surface area is 70.8 Å². The molecule has 0 N–H and O–H groups in total. The molecule has 1 saturated heterocycles. The van der Waals surface area contributed by atoms with E-state index in [0.717, 1.165) is 12.0 Å². The SMILES string of the molecule is CC(C)N1CC(C)(C(C)C)C1. The van der Waals surface area contributed by atoms with Gasteiger partial charge in [-0.2, -0.15) is 0 Å². The molecule has 0 unspecified atom stereocenters. The molecule has 0 radical (unpaired) electrons. The summed E-state index contributed by atoms with van der Waals surface area (Å²) < 4.78 is 0. The van der Waals surface area contributed by atoms with Crippen LogP contribution < -0.4 is 0 Å². The van der Waals surface area contributed by atoms with E-state index in [0.29, 0.717) is 5.41 Å². The largest absolute Gasteiger partial charge is 0.300 e. The molecule has 0 aromatic rings. The molecular formula is C10H21N. The van der Waals surface area contributed by atoms with E-state index in [2.05, 4.69) is 39.5 Å². The van der Waals surface area contributed by atoms with Gasteiger partial charge in [-0.3, -0.25) is 4.90 Å². The summed E-state index contributed by atoms with van der Waals surface area (Å²) in [7, 11) is 0. The highest BCUT2D eigenvalue weighted by atomic mass is 15.2. The van der Waals surface area contributed by atoms with Crippen molar-refractivity contribution in [2.24, 2.45) is 11.3 Å². The lowest BCUT2D eigenvalue weighted by molar-refractivity contribution is -0.0403. The Bertz CT molecular complexity index is 132. The van der Waals surface area contributed by atoms with E-state index < -0.39 is 0 Å². The van der Waals surface area contributed by atoms with Gasteiger partial charge < -0.3 is 0 Å². The first-order valence-corrected chi connectivity index (χ1v) is 4.70. The van der Waals surface area contributed by atoms with Crippen molar-refractivity contribution in [1.29, 1.82) is 0 Å². The Morgan fingerprint density at radius 1 is 1.09 bits per heavy atom. The van der Waals surface area contributed by atoms with Crippen LogP contribution in [-0.4, -0.2) is 24.0 Å². The van der Waals surface area contributed by atoms with E-state index in [1.165, 1.54) is 13.1 Å². The van der Waals surface area contributed by atoms with Crippen LogP contribution in [0.15, 0.2) is 0 Å². The van der Waals surface area contributed by atoms with Crippen molar-refractivity contribution in [3.8, 4) is 0 Å². The van der Waals surface area contributed by atoms with Crippen LogP contribution in [0.3, 0.4) is 0 Å². The molecule has 0 aromatic carbocycles. The molecule has 11 heavy (non-hydrogen) atoms. The maximum atomic E-state index is 2.54. The summed E-state index contributed by atoms with van der Waals surface area (Å²) in [4.78, 5) is 2.54. The highest BCUT2D eigenvalue weighted by Gasteiger charge is 2.41. The molecular weight excluding hydrogens is 134 g/mol. The quantitative estimate of drug-likeness (QED) is 0.592. The number of hydrogen-bond acceptors (Lipinski definition) is 1. The molecule has 0 amide bonds. The third-order valence-corrected chi connectivity index (χ3v) is 3.25. The van der Waals surface area contributed by atoms with E-state index in [1.807, 2.05) is 0 Å². The van der Waals surface area contributed by atoms with Crippen molar-refractivity contribution in [2.75, 3.05) is 13.1 Å². The zero-order valence-electron chi connectivity index (χ0n) is 8.52. The first-order chi connectivity index (χ1) is 4.96. The molecule has 1 heteroatoms. The van der Waals surface area contributed by atoms with Gasteiger partial charge in [0, 0.05) is 19.1 Å². The summed E-state index contributed by atoms with van der Waals surface area (Å²) in [6, 6.07) is 0.738. The summed E-state index contributed by atoms with van der Waals surface area (Å²) in [5.74, 6) is 0.831. The first-order valence-electron chi connectivity index (χ1n) is 4.70. The predicted octanol–water partition coefficient (Wildman–Crippen LogP) is 2.37. The molecule has 1 nitrogen and oxygen atoms in total. The van der Waals surface area contributed by atoms with Crippen molar-refractivity contribution in [2.45, 2.75) is 40.7 Å². The highest BCUT2D eigenvalue weighted by Crippen LogP contribution is 2.37. The molecule has 1 heterocycles. The Balaban J connectivity index is 2.38. The van der Waals surface area contributed by atoms with Crippen LogP contribution in [0.5, 0.6) is 0 Å². The minimum atomic E-state index is 0.601. The smallest absolute Gasteiger partial charge is 0.00530 e. The Morgan fingerprint density at radius 3 is 1.82 bits per heavy atom. The third-order valence-electron chi connectivity index (χ3n) is 3.25. The summed E-state index contributed by atoms with van der Waals surface area (Å²) >= 11 is 0. The van der Waals surface area contributed by atoms with Gasteiger partial charge in [0.15, 0.2) is 0 Å². The van der Waals surface area contributed by atoms with Crippen molar-refractivity contribution < 1.29 is 0 Å². The van der Waals surface area contributed by atoms with E-state index in [9.17, 15) is 0 Å². The molecule has 0 spiro atoms. The molecule has 0 saturated carbocycles. The fraction of sp³-hybridized carbons (Fsp3) is 1.00. The second-order valence-corrected chi connectivity index (χ2v) is 4.81. The van der Waals surface area contributed by atoms with Gasteiger partial charge in [0.2, 0.25) is 0 Å². The number of rotatable bonds is 2. The van der Waals surface area contributed by atoms with E-state index in [1.54, 1.807) is 0 Å². The molecule has 0 bridgehead atoms. The standard InChI is InChI=1S/C10H21N/c1-8(2)10(5)6-11(7-10)9(3)4/h8-9H,6-7H2,1-5H3. The Kier molecular flexibility index (Phi) is 2.29. The van der Waals surface area contributed by atoms with Crippen LogP contribution in [0.25, 0.3) is 0 Å². The normalized spacial score (nSPS) is 24.3. The van der Waals surface area contributed by atoms with Crippen LogP contribution in [0.4, 0.5) is 0 Å². The Hall–Kier alpha value is -0.0400. The maximum absolute atomic E-state index is 2.54. The molecule has 1 fully saturated rings. The molecule has 66 valence electrons. The predicted molar refractivity (Wildman–Crippen MR) is 49.7 cm³/mol. The third kappa shape index (κ3) is 1.58. The summed E-state index contributed by atoms with van der Waals surface area (Å²) in [5.41, 5.74) is 0.601. The fourth-order valence-corrected chi connectivity index (χ4v) is 1.61. The van der Waals surface area contributed by atoms with Crippen LogP contribution in [0, 0.1) is 11.3 Å². The zero-order valence-corrected chi connectivity index (χ0v) is 8.52. The molecule has 1 rings (SSSR count). The highest BCUT2D eigenvalue weighted by molar-refractivity contribution is 4.94. The van der Waals surface area contributed by atoms with Crippen molar-refractivity contribution in [1.82, 2.24) is 4.90 Å². The monoisotopic (exact) mass is 155 g/mol. The van der Waals surface area contributed by atoms with E-state index in [4.69, 9.17) is 0 Å². The summed E-state index contributed by atoms with van der Waals surface area (Å²) in [6.07, 6.45) is 0. The molecule has 0 aromatic heterocycles. The second kappa shape index (κ2) is 2.78. The van der Waals surface area contributed by atoms with Gasteiger partial charge in [0.05, 0.1) is 0 Å². The molecule has 0 aliphatic carbocycles. The average molecular weight is 155 g/mol. The summed E-state index contributed by atoms with van der Waals surface area (Å²) in [5, 5.41) is 0. The maximum Gasteiger partial charge on any atom is 0.00530 e. The van der Waals surface area contributed by atoms with Crippen molar-refractivity contribution in [3.63, 3.8) is 0 Å². The van der Waals surface area contributed by atoms with E-state index in [-0.39, 0.29) is 0 Å². The topological polar surface area (TPSA) is 3.24 Å². The molecule has 1 aliphatic heterocycles. The number of nitrogens with zero attached hydrogens (tertiary/aromatic N) is 1. The van der Waals surface area contributed by atoms with Crippen molar-refractivity contribution in [3.05, 3.63) is 0 Å². The van der Waals surface area contributed by atoms with E-state index >= 15 is 0 Å². The van der Waals surface area contributed by atoms with Gasteiger partial charge in [0.25, 0.3) is 0 Å². The van der Waals surface area contributed by atoms with Crippen LogP contribution in [0.1, 0.15) is 34.6 Å². The molecule has 1 aliphatic rings. The van der Waals surface area contributed by atoms with Gasteiger partial charge in [-0.25, -0.2) is 0 Å². The second-order valence-electron chi connectivity index (χ2n) is 4.81. The van der Waals surface area contributed by atoms with Crippen molar-refractivity contribution >= 4 is 0 Å². The minimum Gasteiger partial charge on any atom is -0.300 e. The average Bonchev–Trinajstić information content (AvgIpc) is 1.79. The van der Waals surface area contributed by atoms with Crippen LogP contribution in [-0.2, 0) is 0 Å². The van der Waals surface area contributed by atoms with Gasteiger partial charge in [-0.15, -0.1) is 0 Å².